The molecule has 134 valence electrons. The molecule has 1 atom stereocenters. The van der Waals surface area contributed by atoms with Gasteiger partial charge in [-0.25, -0.2) is 4.79 Å². The van der Waals surface area contributed by atoms with Gasteiger partial charge >= 0.3 is 5.97 Å². The molecule has 0 bridgehead atoms. The zero-order valence-electron chi connectivity index (χ0n) is 14.2. The topological polar surface area (TPSA) is 72.9 Å². The van der Waals surface area contributed by atoms with Gasteiger partial charge in [0, 0.05) is 0 Å². The Kier molecular flexibility index (Phi) is 6.13. The highest BCUT2D eigenvalue weighted by molar-refractivity contribution is 8.18. The normalized spacial score (nSPS) is 17.4. The van der Waals surface area contributed by atoms with Crippen LogP contribution in [-0.2, 0) is 14.3 Å². The molecule has 0 aliphatic carbocycles. The Morgan fingerprint density at radius 2 is 1.96 bits per heavy atom. The number of hydrogen-bond donors (Lipinski definition) is 0. The largest absolute Gasteiger partial charge is 0.489 e. The lowest BCUT2D eigenvalue weighted by Gasteiger charge is -2.18. The average Bonchev–Trinajstić information content (AvgIpc) is 2.82. The van der Waals surface area contributed by atoms with E-state index in [0.29, 0.717) is 16.3 Å². The van der Waals surface area contributed by atoms with Gasteiger partial charge in [0.15, 0.2) is 0 Å². The van der Waals surface area contributed by atoms with Gasteiger partial charge in [-0.2, -0.15) is 0 Å². The van der Waals surface area contributed by atoms with Crippen LogP contribution in [0.4, 0.5) is 4.79 Å². The lowest BCUT2D eigenvalue weighted by molar-refractivity contribution is -0.148. The monoisotopic (exact) mass is 383 g/mol. The van der Waals surface area contributed by atoms with Crippen LogP contribution in [0.5, 0.6) is 5.75 Å². The van der Waals surface area contributed by atoms with Crippen LogP contribution in [0.1, 0.15) is 26.3 Å². The van der Waals surface area contributed by atoms with E-state index in [1.165, 1.54) is 14.0 Å². The van der Waals surface area contributed by atoms with Crippen molar-refractivity contribution in [1.82, 2.24) is 4.90 Å². The second-order valence-corrected chi connectivity index (χ2v) is 7.01. The molecule has 0 spiro atoms. The zero-order valence-corrected chi connectivity index (χ0v) is 15.8. The van der Waals surface area contributed by atoms with E-state index in [2.05, 4.69) is 4.74 Å². The van der Waals surface area contributed by atoms with Crippen LogP contribution >= 0.6 is 23.4 Å². The number of hydrogen-bond acceptors (Lipinski definition) is 6. The van der Waals surface area contributed by atoms with Gasteiger partial charge in [-0.05, 0) is 56.3 Å². The van der Waals surface area contributed by atoms with E-state index in [0.717, 1.165) is 16.7 Å². The standard InChI is InChI=1S/C17H18ClNO5S/c1-9(2)24-13-6-5-11(7-12(13)18)8-14-15(20)19(17(22)25-14)10(3)16(21)23-4/h5-10H,1-4H3/b14-8+/t10-/m0/s1. The molecule has 1 fully saturated rings. The molecule has 0 saturated carbocycles. The van der Waals surface area contributed by atoms with Gasteiger partial charge in [-0.1, -0.05) is 17.7 Å². The fourth-order valence-electron chi connectivity index (χ4n) is 2.20. The molecule has 1 heterocycles. The van der Waals surface area contributed by atoms with Crippen LogP contribution in [-0.4, -0.2) is 41.3 Å². The van der Waals surface area contributed by atoms with Crippen LogP contribution in [0, 0.1) is 0 Å². The first kappa shape index (κ1) is 19.3. The smallest absolute Gasteiger partial charge is 0.328 e. The van der Waals surface area contributed by atoms with Gasteiger partial charge in [0.25, 0.3) is 11.1 Å². The van der Waals surface area contributed by atoms with E-state index < -0.39 is 23.2 Å². The third-order valence-corrected chi connectivity index (χ3v) is 4.55. The Balaban J connectivity index is 2.24. The summed E-state index contributed by atoms with van der Waals surface area (Å²) in [5.41, 5.74) is 0.650. The number of ether oxygens (including phenoxy) is 2. The number of benzene rings is 1. The maximum Gasteiger partial charge on any atom is 0.328 e. The van der Waals surface area contributed by atoms with Crippen molar-refractivity contribution in [3.05, 3.63) is 33.7 Å². The molecule has 1 aromatic rings. The number of carbonyl (C=O) groups is 3. The van der Waals surface area contributed by atoms with Crippen molar-refractivity contribution < 1.29 is 23.9 Å². The molecule has 25 heavy (non-hydrogen) atoms. The van der Waals surface area contributed by atoms with E-state index in [-0.39, 0.29) is 11.0 Å². The van der Waals surface area contributed by atoms with E-state index in [1.54, 1.807) is 24.3 Å². The number of amides is 2. The summed E-state index contributed by atoms with van der Waals surface area (Å²) in [7, 11) is 1.20. The zero-order chi connectivity index (χ0) is 18.7. The minimum Gasteiger partial charge on any atom is -0.489 e. The number of carbonyl (C=O) groups excluding carboxylic acids is 3. The summed E-state index contributed by atoms with van der Waals surface area (Å²) in [6, 6.07) is 4.11. The predicted molar refractivity (Wildman–Crippen MR) is 96.5 cm³/mol. The quantitative estimate of drug-likeness (QED) is 0.570. The van der Waals surface area contributed by atoms with Gasteiger partial charge < -0.3 is 9.47 Å². The molecule has 1 aliphatic rings. The first-order valence-electron chi connectivity index (χ1n) is 7.55. The van der Waals surface area contributed by atoms with E-state index in [9.17, 15) is 14.4 Å². The first-order chi connectivity index (χ1) is 11.7. The lowest BCUT2D eigenvalue weighted by atomic mass is 10.2. The number of esters is 1. The molecule has 0 unspecified atom stereocenters. The summed E-state index contributed by atoms with van der Waals surface area (Å²) in [5.74, 6) is -0.644. The highest BCUT2D eigenvalue weighted by Gasteiger charge is 2.41. The van der Waals surface area contributed by atoms with E-state index in [4.69, 9.17) is 16.3 Å². The third-order valence-electron chi connectivity index (χ3n) is 3.37. The summed E-state index contributed by atoms with van der Waals surface area (Å²) < 4.78 is 10.1. The summed E-state index contributed by atoms with van der Waals surface area (Å²) in [4.78, 5) is 37.2. The molecular weight excluding hydrogens is 366 g/mol. The predicted octanol–water partition coefficient (Wildman–Crippen LogP) is 3.73. The van der Waals surface area contributed by atoms with Gasteiger partial charge in [0.2, 0.25) is 0 Å². The van der Waals surface area contributed by atoms with Crippen LogP contribution in [0.25, 0.3) is 6.08 Å². The fourth-order valence-corrected chi connectivity index (χ4v) is 3.34. The summed E-state index contributed by atoms with van der Waals surface area (Å²) in [6.45, 7) is 5.23. The second kappa shape index (κ2) is 7.93. The average molecular weight is 384 g/mol. The molecule has 0 radical (unpaired) electrons. The van der Waals surface area contributed by atoms with E-state index in [1.807, 2.05) is 13.8 Å². The Morgan fingerprint density at radius 3 is 2.52 bits per heavy atom. The van der Waals surface area contributed by atoms with Crippen LogP contribution in [0.2, 0.25) is 5.02 Å². The molecule has 8 heteroatoms. The SMILES string of the molecule is COC(=O)[C@H](C)N1C(=O)S/C(=C/c2ccc(OC(C)C)c(Cl)c2)C1=O. The van der Waals surface area contributed by atoms with Crippen molar-refractivity contribution in [2.24, 2.45) is 0 Å². The maximum atomic E-state index is 12.4. The first-order valence-corrected chi connectivity index (χ1v) is 8.75. The number of methoxy groups -OCH3 is 1. The summed E-state index contributed by atoms with van der Waals surface area (Å²) in [6.07, 6.45) is 1.54. The van der Waals surface area contributed by atoms with Crippen molar-refractivity contribution in [2.75, 3.05) is 7.11 Å². The van der Waals surface area contributed by atoms with Crippen LogP contribution in [0.15, 0.2) is 23.1 Å². The van der Waals surface area contributed by atoms with Crippen molar-refractivity contribution in [2.45, 2.75) is 32.9 Å². The maximum absolute atomic E-state index is 12.4. The van der Waals surface area contributed by atoms with E-state index >= 15 is 0 Å². The van der Waals surface area contributed by atoms with Crippen LogP contribution in [0.3, 0.4) is 0 Å². The minimum absolute atomic E-state index is 0.0142. The van der Waals surface area contributed by atoms with Crippen LogP contribution < -0.4 is 4.74 Å². The number of halogens is 1. The molecule has 0 N–H and O–H groups in total. The van der Waals surface area contributed by atoms with Crippen molar-refractivity contribution in [3.63, 3.8) is 0 Å². The lowest BCUT2D eigenvalue weighted by Crippen LogP contribution is -2.42. The number of nitrogens with zero attached hydrogens (tertiary/aromatic N) is 1. The third kappa shape index (κ3) is 4.35. The Bertz CT molecular complexity index is 747. The highest BCUT2D eigenvalue weighted by atomic mass is 35.5. The van der Waals surface area contributed by atoms with Gasteiger partial charge in [-0.15, -0.1) is 0 Å². The Morgan fingerprint density at radius 1 is 1.28 bits per heavy atom. The molecule has 1 aromatic carbocycles. The minimum atomic E-state index is -0.978. The molecule has 2 rings (SSSR count). The van der Waals surface area contributed by atoms with Crippen molar-refractivity contribution in [3.8, 4) is 5.75 Å². The highest BCUT2D eigenvalue weighted by Crippen LogP contribution is 2.35. The van der Waals surface area contributed by atoms with Crippen molar-refractivity contribution >= 4 is 46.6 Å². The number of imide groups is 1. The summed E-state index contributed by atoms with van der Waals surface area (Å²) in [5, 5.41) is -0.107. The molecule has 1 aliphatic heterocycles. The van der Waals surface area contributed by atoms with Gasteiger partial charge in [0.05, 0.1) is 23.1 Å². The molecule has 0 aromatic heterocycles. The summed E-state index contributed by atoms with van der Waals surface area (Å²) >= 11 is 6.95. The second-order valence-electron chi connectivity index (χ2n) is 5.61. The van der Waals surface area contributed by atoms with Crippen molar-refractivity contribution in [1.29, 1.82) is 0 Å². The Hall–Kier alpha value is -1.99. The molecule has 2 amide bonds. The van der Waals surface area contributed by atoms with Gasteiger partial charge in [0.1, 0.15) is 11.8 Å². The molecule has 1 saturated heterocycles. The number of rotatable bonds is 5. The number of thioether (sulfide) groups is 1. The van der Waals surface area contributed by atoms with Gasteiger partial charge in [-0.3, -0.25) is 14.5 Å². The molecular formula is C17H18ClNO5S. The molecule has 6 nitrogen and oxygen atoms in total. The Labute approximate surface area is 155 Å². The fraction of sp³-hybridized carbons (Fsp3) is 0.353.